The molecule has 0 saturated carbocycles. The van der Waals surface area contributed by atoms with Crippen molar-refractivity contribution >= 4 is 0 Å². The van der Waals surface area contributed by atoms with E-state index < -0.39 is 0 Å². The van der Waals surface area contributed by atoms with E-state index in [4.69, 9.17) is 0 Å². The Bertz CT molecular complexity index is 107. The molecule has 2 atom stereocenters. The molecule has 0 amide bonds. The summed E-state index contributed by atoms with van der Waals surface area (Å²) in [6.07, 6.45) is 7.06. The largest absolute Gasteiger partial charge is 0.305 e. The molecule has 1 nitrogen and oxygen atoms in total. The molecule has 0 bridgehead atoms. The van der Waals surface area contributed by atoms with Gasteiger partial charge in [0.05, 0.1) is 0 Å². The van der Waals surface area contributed by atoms with Crippen molar-refractivity contribution in [2.75, 3.05) is 0 Å². The van der Waals surface area contributed by atoms with Gasteiger partial charge in [0.2, 0.25) is 0 Å². The van der Waals surface area contributed by atoms with Crippen molar-refractivity contribution in [3.8, 4) is 0 Å². The van der Waals surface area contributed by atoms with Gasteiger partial charge in [0.1, 0.15) is 0 Å². The lowest BCUT2D eigenvalue weighted by atomic mass is 10.2. The predicted octanol–water partition coefficient (Wildman–Crippen LogP) is 1.70. The van der Waals surface area contributed by atoms with E-state index in [9.17, 15) is 0 Å². The highest BCUT2D eigenvalue weighted by Crippen LogP contribution is 2.06. The Labute approximate surface area is 57.1 Å². The number of rotatable bonds is 2. The maximum Gasteiger partial charge on any atom is 0.0255 e. The van der Waals surface area contributed by atoms with E-state index in [1.54, 1.807) is 0 Å². The van der Waals surface area contributed by atoms with Gasteiger partial charge < -0.3 is 5.32 Å². The molecule has 0 aliphatic carbocycles. The van der Waals surface area contributed by atoms with Crippen molar-refractivity contribution in [1.29, 1.82) is 0 Å². The van der Waals surface area contributed by atoms with Gasteiger partial charge in [0.25, 0.3) is 0 Å². The summed E-state index contributed by atoms with van der Waals surface area (Å²) >= 11 is 0. The molecular weight excluding hydrogens is 110 g/mol. The SMILES string of the molecule is CCCC1C=CC(C)N1. The summed E-state index contributed by atoms with van der Waals surface area (Å²) in [6.45, 7) is 4.41. The number of hydrogen-bond acceptors (Lipinski definition) is 1. The van der Waals surface area contributed by atoms with Crippen LogP contribution in [-0.2, 0) is 0 Å². The van der Waals surface area contributed by atoms with Gasteiger partial charge in [0.15, 0.2) is 0 Å². The van der Waals surface area contributed by atoms with Crippen molar-refractivity contribution < 1.29 is 0 Å². The lowest BCUT2D eigenvalue weighted by Crippen LogP contribution is -2.27. The first-order valence-corrected chi connectivity index (χ1v) is 3.77. The van der Waals surface area contributed by atoms with Crippen LogP contribution in [0.3, 0.4) is 0 Å². The Morgan fingerprint density at radius 3 is 2.67 bits per heavy atom. The Morgan fingerprint density at radius 2 is 2.22 bits per heavy atom. The normalized spacial score (nSPS) is 33.6. The van der Waals surface area contributed by atoms with Crippen LogP contribution in [0.4, 0.5) is 0 Å². The summed E-state index contributed by atoms with van der Waals surface area (Å²) in [6, 6.07) is 1.26. The molecule has 1 aliphatic heterocycles. The summed E-state index contributed by atoms with van der Waals surface area (Å²) in [5.41, 5.74) is 0. The van der Waals surface area contributed by atoms with Gasteiger partial charge in [-0.2, -0.15) is 0 Å². The van der Waals surface area contributed by atoms with Crippen molar-refractivity contribution in [3.63, 3.8) is 0 Å². The van der Waals surface area contributed by atoms with Crippen molar-refractivity contribution in [2.24, 2.45) is 0 Å². The smallest absolute Gasteiger partial charge is 0.0255 e. The summed E-state index contributed by atoms with van der Waals surface area (Å²) in [4.78, 5) is 0. The molecule has 0 spiro atoms. The Kier molecular flexibility index (Phi) is 2.29. The first-order chi connectivity index (χ1) is 4.33. The number of hydrogen-bond donors (Lipinski definition) is 1. The lowest BCUT2D eigenvalue weighted by molar-refractivity contribution is 0.553. The maximum atomic E-state index is 3.44. The molecule has 0 fully saturated rings. The van der Waals surface area contributed by atoms with Crippen LogP contribution in [0.15, 0.2) is 12.2 Å². The van der Waals surface area contributed by atoms with Crippen LogP contribution in [0, 0.1) is 0 Å². The summed E-state index contributed by atoms with van der Waals surface area (Å²) in [5.74, 6) is 0. The fourth-order valence-electron chi connectivity index (χ4n) is 1.24. The van der Waals surface area contributed by atoms with E-state index in [-0.39, 0.29) is 0 Å². The summed E-state index contributed by atoms with van der Waals surface area (Å²) in [5, 5.41) is 3.44. The molecule has 9 heavy (non-hydrogen) atoms. The van der Waals surface area contributed by atoms with Gasteiger partial charge in [-0.3, -0.25) is 0 Å². The third kappa shape index (κ3) is 1.83. The van der Waals surface area contributed by atoms with Gasteiger partial charge >= 0.3 is 0 Å². The summed E-state index contributed by atoms with van der Waals surface area (Å²) in [7, 11) is 0. The average molecular weight is 125 g/mol. The maximum absolute atomic E-state index is 3.44. The Balaban J connectivity index is 2.24. The second kappa shape index (κ2) is 3.02. The van der Waals surface area contributed by atoms with Gasteiger partial charge in [-0.1, -0.05) is 25.5 Å². The zero-order valence-corrected chi connectivity index (χ0v) is 6.22. The van der Waals surface area contributed by atoms with Crippen LogP contribution in [0.25, 0.3) is 0 Å². The second-order valence-corrected chi connectivity index (χ2v) is 2.74. The fourth-order valence-corrected chi connectivity index (χ4v) is 1.24. The van der Waals surface area contributed by atoms with E-state index >= 15 is 0 Å². The standard InChI is InChI=1S/C8H15N/c1-3-4-8-6-5-7(2)9-8/h5-9H,3-4H2,1-2H3. The van der Waals surface area contributed by atoms with Crippen molar-refractivity contribution in [3.05, 3.63) is 12.2 Å². The van der Waals surface area contributed by atoms with Crippen LogP contribution in [0.5, 0.6) is 0 Å². The molecule has 0 saturated heterocycles. The highest BCUT2D eigenvalue weighted by Gasteiger charge is 2.11. The molecule has 1 rings (SSSR count). The van der Waals surface area contributed by atoms with E-state index in [1.165, 1.54) is 12.8 Å². The highest BCUT2D eigenvalue weighted by molar-refractivity contribution is 5.06. The molecule has 2 unspecified atom stereocenters. The van der Waals surface area contributed by atoms with E-state index in [0.717, 1.165) is 0 Å². The Hall–Kier alpha value is -0.300. The number of nitrogens with one attached hydrogen (secondary N) is 1. The zero-order valence-electron chi connectivity index (χ0n) is 6.22. The Morgan fingerprint density at radius 1 is 1.44 bits per heavy atom. The van der Waals surface area contributed by atoms with Crippen LogP contribution < -0.4 is 5.32 Å². The van der Waals surface area contributed by atoms with Crippen molar-refractivity contribution in [2.45, 2.75) is 38.8 Å². The van der Waals surface area contributed by atoms with Gasteiger partial charge in [-0.25, -0.2) is 0 Å². The van der Waals surface area contributed by atoms with Gasteiger partial charge in [0, 0.05) is 12.1 Å². The van der Waals surface area contributed by atoms with Crippen LogP contribution in [0.1, 0.15) is 26.7 Å². The van der Waals surface area contributed by atoms with E-state index in [2.05, 4.69) is 31.3 Å². The van der Waals surface area contributed by atoms with E-state index in [0.29, 0.717) is 12.1 Å². The second-order valence-electron chi connectivity index (χ2n) is 2.74. The van der Waals surface area contributed by atoms with Crippen molar-refractivity contribution in [1.82, 2.24) is 5.32 Å². The first-order valence-electron chi connectivity index (χ1n) is 3.77. The fraction of sp³-hybridized carbons (Fsp3) is 0.750. The van der Waals surface area contributed by atoms with Crippen LogP contribution in [0.2, 0.25) is 0 Å². The minimum absolute atomic E-state index is 0.599. The van der Waals surface area contributed by atoms with E-state index in [1.807, 2.05) is 0 Å². The van der Waals surface area contributed by atoms with Gasteiger partial charge in [-0.15, -0.1) is 0 Å². The minimum Gasteiger partial charge on any atom is -0.305 e. The van der Waals surface area contributed by atoms with Crippen LogP contribution in [-0.4, -0.2) is 12.1 Å². The average Bonchev–Trinajstić information content (AvgIpc) is 2.17. The molecule has 1 aliphatic rings. The predicted molar refractivity (Wildman–Crippen MR) is 40.4 cm³/mol. The first kappa shape index (κ1) is 6.81. The molecule has 52 valence electrons. The molecule has 0 aromatic rings. The molecule has 0 aromatic carbocycles. The topological polar surface area (TPSA) is 12.0 Å². The molecule has 1 heterocycles. The molecule has 1 heteroatoms. The quantitative estimate of drug-likeness (QED) is 0.554. The van der Waals surface area contributed by atoms with Crippen LogP contribution >= 0.6 is 0 Å². The third-order valence-electron chi connectivity index (χ3n) is 1.71. The highest BCUT2D eigenvalue weighted by atomic mass is 15.0. The molecular formula is C8H15N. The monoisotopic (exact) mass is 125 g/mol. The molecule has 0 aromatic heterocycles. The molecule has 1 N–H and O–H groups in total. The zero-order chi connectivity index (χ0) is 6.69. The summed E-state index contributed by atoms with van der Waals surface area (Å²) < 4.78 is 0. The third-order valence-corrected chi connectivity index (χ3v) is 1.71. The van der Waals surface area contributed by atoms with Gasteiger partial charge in [-0.05, 0) is 13.3 Å². The minimum atomic E-state index is 0.599. The lowest BCUT2D eigenvalue weighted by Gasteiger charge is -2.08. The molecule has 0 radical (unpaired) electrons.